The quantitative estimate of drug-likeness (QED) is 0.621. The van der Waals surface area contributed by atoms with E-state index in [0.717, 1.165) is 31.5 Å². The van der Waals surface area contributed by atoms with Crippen LogP contribution in [0, 0.1) is 5.82 Å². The maximum Gasteiger partial charge on any atom is 0.573 e. The molecule has 1 spiro atoms. The Morgan fingerprint density at radius 2 is 1.64 bits per heavy atom. The molecule has 0 aromatic heterocycles. The van der Waals surface area contributed by atoms with Crippen molar-refractivity contribution in [2.45, 2.75) is 43.8 Å². The lowest BCUT2D eigenvalue weighted by molar-refractivity contribution is -0.274. The highest BCUT2D eigenvalue weighted by atomic mass is 19.4. The molecule has 2 aromatic carbocycles. The molecule has 2 aliphatic rings. The fourth-order valence-corrected chi connectivity index (χ4v) is 4.65. The number of likely N-dealkylation sites (tertiary alicyclic amines) is 1. The van der Waals surface area contributed by atoms with E-state index in [9.17, 15) is 22.4 Å². The molecule has 2 aliphatic heterocycles. The molecule has 9 heteroatoms. The fourth-order valence-electron chi connectivity index (χ4n) is 4.65. The van der Waals surface area contributed by atoms with E-state index in [4.69, 9.17) is 4.74 Å². The maximum absolute atomic E-state index is 13.4. The molecule has 1 atom stereocenters. The minimum atomic E-state index is -4.76. The number of carbonyl (C=O) groups excluding carboxylic acids is 1. The molecule has 33 heavy (non-hydrogen) atoms. The van der Waals surface area contributed by atoms with Crippen molar-refractivity contribution < 1.29 is 31.8 Å². The summed E-state index contributed by atoms with van der Waals surface area (Å²) >= 11 is 0. The Kier molecular flexibility index (Phi) is 6.63. The van der Waals surface area contributed by atoms with Gasteiger partial charge in [0.2, 0.25) is 5.91 Å². The first kappa shape index (κ1) is 23.5. The minimum Gasteiger partial charge on any atom is -0.406 e. The molecule has 178 valence electrons. The fraction of sp³-hybridized carbons (Fsp3) is 0.458. The highest BCUT2D eigenvalue weighted by molar-refractivity contribution is 5.79. The summed E-state index contributed by atoms with van der Waals surface area (Å²) in [5.74, 6) is -0.821. The first-order valence-corrected chi connectivity index (χ1v) is 10.8. The summed E-state index contributed by atoms with van der Waals surface area (Å²) in [6.07, 6.45) is -2.78. The van der Waals surface area contributed by atoms with Gasteiger partial charge in [-0.3, -0.25) is 4.79 Å². The van der Waals surface area contributed by atoms with Crippen molar-refractivity contribution in [2.24, 2.45) is 0 Å². The SMILES string of the molecule is CN1CCC2(CC1)OCC(=O)N(Cc1ccc(OC(F)(F)F)cc1)C2Cc1ccc(F)cc1. The zero-order chi connectivity index (χ0) is 23.6. The smallest absolute Gasteiger partial charge is 0.406 e. The number of nitrogens with zero attached hydrogens (tertiary/aromatic N) is 2. The van der Waals surface area contributed by atoms with Crippen LogP contribution in [0.4, 0.5) is 17.6 Å². The van der Waals surface area contributed by atoms with Crippen LogP contribution in [0.15, 0.2) is 48.5 Å². The minimum absolute atomic E-state index is 0.0428. The van der Waals surface area contributed by atoms with Crippen molar-refractivity contribution in [3.63, 3.8) is 0 Å². The number of alkyl halides is 3. The highest BCUT2D eigenvalue weighted by Crippen LogP contribution is 2.38. The van der Waals surface area contributed by atoms with Crippen molar-refractivity contribution in [2.75, 3.05) is 26.7 Å². The summed E-state index contributed by atoms with van der Waals surface area (Å²) in [7, 11) is 2.04. The highest BCUT2D eigenvalue weighted by Gasteiger charge is 2.49. The number of ether oxygens (including phenoxy) is 2. The molecular weight excluding hydrogens is 440 g/mol. The summed E-state index contributed by atoms with van der Waals surface area (Å²) in [6, 6.07) is 11.5. The number of benzene rings is 2. The molecule has 2 saturated heterocycles. The Hall–Kier alpha value is -2.65. The van der Waals surface area contributed by atoms with Gasteiger partial charge in [-0.2, -0.15) is 0 Å². The van der Waals surface area contributed by atoms with Crippen LogP contribution < -0.4 is 4.74 Å². The number of morpholine rings is 1. The van der Waals surface area contributed by atoms with Crippen LogP contribution in [0.3, 0.4) is 0 Å². The second-order valence-corrected chi connectivity index (χ2v) is 8.72. The number of amides is 1. The first-order chi connectivity index (χ1) is 15.6. The van der Waals surface area contributed by atoms with Gasteiger partial charge in [-0.25, -0.2) is 4.39 Å². The molecule has 0 radical (unpaired) electrons. The standard InChI is InChI=1S/C24H26F4N2O3/c1-29-12-10-23(11-13-29)21(14-17-2-6-19(25)7-3-17)30(22(31)16-32-23)15-18-4-8-20(9-5-18)33-24(26,27)28/h2-9,21H,10-16H2,1H3. The third kappa shape index (κ3) is 5.65. The molecule has 4 rings (SSSR count). The van der Waals surface area contributed by atoms with Gasteiger partial charge in [-0.15, -0.1) is 13.2 Å². The van der Waals surface area contributed by atoms with Gasteiger partial charge in [0, 0.05) is 19.6 Å². The first-order valence-electron chi connectivity index (χ1n) is 10.8. The van der Waals surface area contributed by atoms with Gasteiger partial charge in [0.1, 0.15) is 18.2 Å². The van der Waals surface area contributed by atoms with Crippen LogP contribution in [0.5, 0.6) is 5.75 Å². The lowest BCUT2D eigenvalue weighted by Gasteiger charge is -2.52. The van der Waals surface area contributed by atoms with E-state index in [1.165, 1.54) is 36.4 Å². The van der Waals surface area contributed by atoms with Crippen molar-refractivity contribution in [1.29, 1.82) is 0 Å². The van der Waals surface area contributed by atoms with Gasteiger partial charge in [0.15, 0.2) is 0 Å². The Labute approximate surface area is 189 Å². The number of carbonyl (C=O) groups is 1. The van der Waals surface area contributed by atoms with E-state index in [1.807, 2.05) is 7.05 Å². The maximum atomic E-state index is 13.4. The number of hydrogen-bond acceptors (Lipinski definition) is 4. The molecule has 0 N–H and O–H groups in total. The van der Waals surface area contributed by atoms with E-state index in [0.29, 0.717) is 12.0 Å². The third-order valence-corrected chi connectivity index (χ3v) is 6.47. The van der Waals surface area contributed by atoms with E-state index >= 15 is 0 Å². The number of hydrogen-bond donors (Lipinski definition) is 0. The molecular formula is C24H26F4N2O3. The second-order valence-electron chi connectivity index (χ2n) is 8.72. The molecule has 2 aromatic rings. The lowest BCUT2D eigenvalue weighted by atomic mass is 9.79. The Bertz CT molecular complexity index is 955. The average Bonchev–Trinajstić information content (AvgIpc) is 2.77. The number of piperidine rings is 1. The van der Waals surface area contributed by atoms with Gasteiger partial charge in [0.25, 0.3) is 0 Å². The predicted molar refractivity (Wildman–Crippen MR) is 113 cm³/mol. The average molecular weight is 466 g/mol. The summed E-state index contributed by atoms with van der Waals surface area (Å²) in [4.78, 5) is 16.9. The molecule has 0 saturated carbocycles. The summed E-state index contributed by atoms with van der Waals surface area (Å²) in [5, 5.41) is 0. The van der Waals surface area contributed by atoms with Crippen molar-refractivity contribution in [1.82, 2.24) is 9.80 Å². The van der Waals surface area contributed by atoms with Gasteiger partial charge in [-0.1, -0.05) is 24.3 Å². The second kappa shape index (κ2) is 9.30. The normalized spacial score (nSPS) is 21.4. The molecule has 2 heterocycles. The van der Waals surface area contributed by atoms with Gasteiger partial charge in [0.05, 0.1) is 11.6 Å². The zero-order valence-electron chi connectivity index (χ0n) is 18.3. The van der Waals surface area contributed by atoms with Crippen molar-refractivity contribution in [3.05, 3.63) is 65.5 Å². The van der Waals surface area contributed by atoms with Gasteiger partial charge in [-0.05, 0) is 61.7 Å². The topological polar surface area (TPSA) is 42.0 Å². The lowest BCUT2D eigenvalue weighted by Crippen LogP contribution is -2.65. The van der Waals surface area contributed by atoms with Gasteiger partial charge >= 0.3 is 6.36 Å². The Balaban J connectivity index is 1.60. The summed E-state index contributed by atoms with van der Waals surface area (Å²) < 4.78 is 61.0. The zero-order valence-corrected chi connectivity index (χ0v) is 18.3. The van der Waals surface area contributed by atoms with Crippen LogP contribution in [0.25, 0.3) is 0 Å². The van der Waals surface area contributed by atoms with Crippen molar-refractivity contribution in [3.8, 4) is 5.75 Å². The number of halogens is 4. The molecule has 0 aliphatic carbocycles. The van der Waals surface area contributed by atoms with E-state index in [-0.39, 0.29) is 36.7 Å². The Morgan fingerprint density at radius 1 is 1.03 bits per heavy atom. The molecule has 0 bridgehead atoms. The third-order valence-electron chi connectivity index (χ3n) is 6.47. The van der Waals surface area contributed by atoms with Crippen LogP contribution in [0.2, 0.25) is 0 Å². The van der Waals surface area contributed by atoms with Crippen molar-refractivity contribution >= 4 is 5.91 Å². The van der Waals surface area contributed by atoms with E-state index in [2.05, 4.69) is 9.64 Å². The Morgan fingerprint density at radius 3 is 2.24 bits per heavy atom. The van der Waals surface area contributed by atoms with Crippen LogP contribution in [0.1, 0.15) is 24.0 Å². The molecule has 2 fully saturated rings. The van der Waals surface area contributed by atoms with Crippen LogP contribution in [-0.4, -0.2) is 60.5 Å². The molecule has 5 nitrogen and oxygen atoms in total. The van der Waals surface area contributed by atoms with Gasteiger partial charge < -0.3 is 19.3 Å². The summed E-state index contributed by atoms with van der Waals surface area (Å²) in [6.45, 7) is 1.84. The van der Waals surface area contributed by atoms with E-state index in [1.54, 1.807) is 17.0 Å². The van der Waals surface area contributed by atoms with E-state index < -0.39 is 12.0 Å². The molecule has 1 unspecified atom stereocenters. The summed E-state index contributed by atoms with van der Waals surface area (Å²) in [5.41, 5.74) is 1.04. The van der Waals surface area contributed by atoms with Crippen LogP contribution in [-0.2, 0) is 22.5 Å². The number of rotatable bonds is 5. The van der Waals surface area contributed by atoms with Crippen LogP contribution >= 0.6 is 0 Å². The largest absolute Gasteiger partial charge is 0.573 e. The predicted octanol–water partition coefficient (Wildman–Crippen LogP) is 4.16. The molecule has 1 amide bonds. The monoisotopic (exact) mass is 466 g/mol.